The molecule has 0 aromatic heterocycles. The fourth-order valence-corrected chi connectivity index (χ4v) is 2.33. The molecule has 0 aromatic rings. The van der Waals surface area contributed by atoms with E-state index < -0.39 is 0 Å². The van der Waals surface area contributed by atoms with E-state index in [-0.39, 0.29) is 11.9 Å². The van der Waals surface area contributed by atoms with E-state index in [4.69, 9.17) is 0 Å². The Morgan fingerprint density at radius 3 is 2.61 bits per heavy atom. The predicted molar refractivity (Wildman–Crippen MR) is 75.6 cm³/mol. The van der Waals surface area contributed by atoms with Gasteiger partial charge >= 0.3 is 0 Å². The lowest BCUT2D eigenvalue weighted by molar-refractivity contribution is -0.123. The largest absolute Gasteiger partial charge is 0.354 e. The summed E-state index contributed by atoms with van der Waals surface area (Å²) in [4.78, 5) is 14.3. The second kappa shape index (κ2) is 7.10. The van der Waals surface area contributed by atoms with Gasteiger partial charge in [0, 0.05) is 18.6 Å². The third kappa shape index (κ3) is 4.94. The first kappa shape index (κ1) is 15.4. The summed E-state index contributed by atoms with van der Waals surface area (Å²) >= 11 is 0. The second-order valence-electron chi connectivity index (χ2n) is 6.08. The first-order chi connectivity index (χ1) is 8.40. The highest BCUT2D eigenvalue weighted by atomic mass is 16.2. The number of carbonyl (C=O) groups is 1. The maximum atomic E-state index is 11.9. The van der Waals surface area contributed by atoms with E-state index >= 15 is 0 Å². The van der Waals surface area contributed by atoms with Crippen molar-refractivity contribution < 1.29 is 4.79 Å². The Labute approximate surface area is 111 Å². The van der Waals surface area contributed by atoms with Crippen LogP contribution in [-0.4, -0.2) is 49.1 Å². The summed E-state index contributed by atoms with van der Waals surface area (Å²) in [6, 6.07) is 0.975. The van der Waals surface area contributed by atoms with Crippen molar-refractivity contribution in [2.45, 2.75) is 58.7 Å². The van der Waals surface area contributed by atoms with Gasteiger partial charge in [-0.2, -0.15) is 0 Å². The van der Waals surface area contributed by atoms with Crippen molar-refractivity contribution in [2.24, 2.45) is 5.92 Å². The molecular formula is C14H29N3O. The van der Waals surface area contributed by atoms with Crippen LogP contribution in [0.2, 0.25) is 0 Å². The summed E-state index contributed by atoms with van der Waals surface area (Å²) in [7, 11) is 2.17. The van der Waals surface area contributed by atoms with Crippen LogP contribution < -0.4 is 10.6 Å². The molecule has 4 nitrogen and oxygen atoms in total. The number of piperidine rings is 1. The van der Waals surface area contributed by atoms with Gasteiger partial charge in [-0.1, -0.05) is 13.8 Å². The SMILES string of the molecule is CC(C)CNC(=O)C(C)NC1CCN(C)C(C)C1. The molecule has 1 amide bonds. The fraction of sp³-hybridized carbons (Fsp3) is 0.929. The third-order valence-electron chi connectivity index (χ3n) is 3.77. The Morgan fingerprint density at radius 1 is 1.39 bits per heavy atom. The third-order valence-corrected chi connectivity index (χ3v) is 3.77. The maximum absolute atomic E-state index is 11.9. The minimum Gasteiger partial charge on any atom is -0.354 e. The predicted octanol–water partition coefficient (Wildman–Crippen LogP) is 1.22. The molecule has 3 unspecified atom stereocenters. The number of carbonyl (C=O) groups excluding carboxylic acids is 1. The van der Waals surface area contributed by atoms with Crippen LogP contribution in [0, 0.1) is 5.92 Å². The van der Waals surface area contributed by atoms with Gasteiger partial charge in [0.05, 0.1) is 6.04 Å². The number of amides is 1. The van der Waals surface area contributed by atoms with Crippen LogP contribution in [0.1, 0.15) is 40.5 Å². The van der Waals surface area contributed by atoms with Gasteiger partial charge in [0.25, 0.3) is 0 Å². The molecule has 1 rings (SSSR count). The van der Waals surface area contributed by atoms with Gasteiger partial charge in [-0.15, -0.1) is 0 Å². The van der Waals surface area contributed by atoms with Crippen molar-refractivity contribution in [1.29, 1.82) is 0 Å². The van der Waals surface area contributed by atoms with E-state index in [0.717, 1.165) is 25.9 Å². The van der Waals surface area contributed by atoms with Gasteiger partial charge in [-0.3, -0.25) is 4.79 Å². The Morgan fingerprint density at radius 2 is 2.06 bits per heavy atom. The van der Waals surface area contributed by atoms with E-state index in [9.17, 15) is 4.79 Å². The van der Waals surface area contributed by atoms with Crippen molar-refractivity contribution in [1.82, 2.24) is 15.5 Å². The highest BCUT2D eigenvalue weighted by molar-refractivity contribution is 5.81. The van der Waals surface area contributed by atoms with E-state index in [0.29, 0.717) is 18.0 Å². The topological polar surface area (TPSA) is 44.4 Å². The highest BCUT2D eigenvalue weighted by Gasteiger charge is 2.25. The molecule has 0 aliphatic carbocycles. The van der Waals surface area contributed by atoms with Gasteiger partial charge < -0.3 is 15.5 Å². The molecule has 1 aliphatic heterocycles. The van der Waals surface area contributed by atoms with Crippen molar-refractivity contribution in [2.75, 3.05) is 20.1 Å². The molecule has 1 saturated heterocycles. The number of nitrogens with zero attached hydrogens (tertiary/aromatic N) is 1. The lowest BCUT2D eigenvalue weighted by Gasteiger charge is -2.36. The Balaban J connectivity index is 2.31. The molecule has 106 valence electrons. The fourth-order valence-electron chi connectivity index (χ4n) is 2.33. The molecule has 2 N–H and O–H groups in total. The molecular weight excluding hydrogens is 226 g/mol. The van der Waals surface area contributed by atoms with E-state index in [1.54, 1.807) is 0 Å². The highest BCUT2D eigenvalue weighted by Crippen LogP contribution is 2.15. The molecule has 18 heavy (non-hydrogen) atoms. The van der Waals surface area contributed by atoms with E-state index in [2.05, 4.69) is 43.4 Å². The molecule has 0 aromatic carbocycles. The van der Waals surface area contributed by atoms with Gasteiger partial charge in [0.15, 0.2) is 0 Å². The molecule has 0 bridgehead atoms. The zero-order chi connectivity index (χ0) is 13.7. The van der Waals surface area contributed by atoms with Gasteiger partial charge in [0.2, 0.25) is 5.91 Å². The van der Waals surface area contributed by atoms with Gasteiger partial charge in [-0.05, 0) is 46.2 Å². The monoisotopic (exact) mass is 255 g/mol. The summed E-state index contributed by atoms with van der Waals surface area (Å²) in [6.07, 6.45) is 2.25. The summed E-state index contributed by atoms with van der Waals surface area (Å²) in [5.74, 6) is 0.625. The Kier molecular flexibility index (Phi) is 6.09. The molecule has 1 heterocycles. The first-order valence-corrected chi connectivity index (χ1v) is 7.14. The number of rotatable bonds is 5. The van der Waals surface area contributed by atoms with Crippen molar-refractivity contribution in [3.8, 4) is 0 Å². The molecule has 1 aliphatic rings. The zero-order valence-electron chi connectivity index (χ0n) is 12.5. The lowest BCUT2D eigenvalue weighted by atomic mass is 9.98. The van der Waals surface area contributed by atoms with Crippen LogP contribution >= 0.6 is 0 Å². The van der Waals surface area contributed by atoms with Crippen LogP contribution in [0.4, 0.5) is 0 Å². The molecule has 0 radical (unpaired) electrons. The smallest absolute Gasteiger partial charge is 0.236 e. The lowest BCUT2D eigenvalue weighted by Crippen LogP contribution is -2.52. The normalized spacial score (nSPS) is 27.2. The average molecular weight is 255 g/mol. The zero-order valence-corrected chi connectivity index (χ0v) is 12.5. The maximum Gasteiger partial charge on any atom is 0.236 e. The molecule has 0 spiro atoms. The van der Waals surface area contributed by atoms with Crippen LogP contribution in [0.15, 0.2) is 0 Å². The average Bonchev–Trinajstić information content (AvgIpc) is 2.30. The van der Waals surface area contributed by atoms with Crippen LogP contribution in [0.5, 0.6) is 0 Å². The van der Waals surface area contributed by atoms with Crippen LogP contribution in [-0.2, 0) is 4.79 Å². The number of likely N-dealkylation sites (tertiary alicyclic amines) is 1. The summed E-state index contributed by atoms with van der Waals surface area (Å²) in [5, 5.41) is 6.43. The van der Waals surface area contributed by atoms with Crippen LogP contribution in [0.25, 0.3) is 0 Å². The standard InChI is InChI=1S/C14H29N3O/c1-10(2)9-15-14(18)12(4)16-13-6-7-17(5)11(3)8-13/h10-13,16H,6-9H2,1-5H3,(H,15,18). The summed E-state index contributed by atoms with van der Waals surface area (Å²) in [5.41, 5.74) is 0. The quantitative estimate of drug-likeness (QED) is 0.776. The minimum absolute atomic E-state index is 0.0932. The molecule has 3 atom stereocenters. The minimum atomic E-state index is -0.0932. The number of nitrogens with one attached hydrogen (secondary N) is 2. The van der Waals surface area contributed by atoms with Crippen molar-refractivity contribution >= 4 is 5.91 Å². The van der Waals surface area contributed by atoms with Crippen molar-refractivity contribution in [3.05, 3.63) is 0 Å². The Bertz CT molecular complexity index is 268. The first-order valence-electron chi connectivity index (χ1n) is 7.14. The second-order valence-corrected chi connectivity index (χ2v) is 6.08. The summed E-state index contributed by atoms with van der Waals surface area (Å²) in [6.45, 7) is 10.3. The summed E-state index contributed by atoms with van der Waals surface area (Å²) < 4.78 is 0. The van der Waals surface area contributed by atoms with Crippen molar-refractivity contribution in [3.63, 3.8) is 0 Å². The molecule has 0 saturated carbocycles. The number of hydrogen-bond donors (Lipinski definition) is 2. The molecule has 1 fully saturated rings. The van der Waals surface area contributed by atoms with Crippen LogP contribution in [0.3, 0.4) is 0 Å². The molecule has 4 heteroatoms. The Hall–Kier alpha value is -0.610. The van der Waals surface area contributed by atoms with Gasteiger partial charge in [-0.25, -0.2) is 0 Å². The van der Waals surface area contributed by atoms with E-state index in [1.807, 2.05) is 6.92 Å². The number of hydrogen-bond acceptors (Lipinski definition) is 3. The van der Waals surface area contributed by atoms with E-state index in [1.165, 1.54) is 0 Å². The van der Waals surface area contributed by atoms with Gasteiger partial charge in [0.1, 0.15) is 0 Å².